The first-order valence-electron chi connectivity index (χ1n) is 21.0. The first kappa shape index (κ1) is 48.3. The monoisotopic (exact) mass is 758 g/mol. The summed E-state index contributed by atoms with van der Waals surface area (Å²) in [5, 5.41) is 10.9. The van der Waals surface area contributed by atoms with E-state index in [0.29, 0.717) is 19.3 Å². The average Bonchev–Trinajstić information content (AvgIpc) is 3.16. The summed E-state index contributed by atoms with van der Waals surface area (Å²) in [7, 11) is 0. The number of nitrogens with zero attached hydrogens (tertiary/aromatic N) is 1. The highest BCUT2D eigenvalue weighted by molar-refractivity contribution is 5.69. The number of non-ortho nitro benzene ring substituents is 1. The number of ether oxygens (including phenoxy) is 4. The number of hydrogen-bond acceptors (Lipinski definition) is 9. The maximum absolute atomic E-state index is 12.5. The summed E-state index contributed by atoms with van der Waals surface area (Å²) in [5.41, 5.74) is -0.113. The Morgan fingerprint density at radius 1 is 0.630 bits per heavy atom. The van der Waals surface area contributed by atoms with Crippen molar-refractivity contribution in [3.8, 4) is 5.75 Å². The van der Waals surface area contributed by atoms with Gasteiger partial charge in [0.25, 0.3) is 5.69 Å². The molecule has 0 N–H and O–H groups in total. The smallest absolute Gasteiger partial charge is 0.465 e. The molecular weight excluding hydrogens is 686 g/mol. The van der Waals surface area contributed by atoms with Gasteiger partial charge in [0.05, 0.1) is 11.5 Å². The van der Waals surface area contributed by atoms with Gasteiger partial charge in [-0.3, -0.25) is 19.7 Å². The van der Waals surface area contributed by atoms with E-state index in [0.717, 1.165) is 109 Å². The highest BCUT2D eigenvalue weighted by Gasteiger charge is 2.18. The van der Waals surface area contributed by atoms with Crippen molar-refractivity contribution in [2.45, 2.75) is 181 Å². The minimum atomic E-state index is -0.931. The summed E-state index contributed by atoms with van der Waals surface area (Å²) in [6.07, 6.45) is 31.2. The Kier molecular flexibility index (Phi) is 30.3. The highest BCUT2D eigenvalue weighted by atomic mass is 16.7. The van der Waals surface area contributed by atoms with E-state index in [1.165, 1.54) is 49.9 Å². The van der Waals surface area contributed by atoms with Crippen molar-refractivity contribution in [3.63, 3.8) is 0 Å². The lowest BCUT2D eigenvalue weighted by Gasteiger charge is -2.18. The van der Waals surface area contributed by atoms with Crippen LogP contribution < -0.4 is 4.74 Å². The molecule has 0 aliphatic heterocycles. The number of hydrogen-bond donors (Lipinski definition) is 0. The van der Waals surface area contributed by atoms with Gasteiger partial charge >= 0.3 is 18.1 Å². The molecule has 0 saturated carbocycles. The Bertz CT molecular complexity index is 1170. The molecule has 306 valence electrons. The molecule has 1 atom stereocenters. The predicted molar refractivity (Wildman–Crippen MR) is 216 cm³/mol. The van der Waals surface area contributed by atoms with Crippen molar-refractivity contribution in [1.29, 1.82) is 0 Å². The number of allylic oxidation sites excluding steroid dienone is 4. The molecule has 0 aromatic heterocycles. The van der Waals surface area contributed by atoms with E-state index in [4.69, 9.17) is 18.9 Å². The van der Waals surface area contributed by atoms with Gasteiger partial charge in [-0.25, -0.2) is 4.79 Å². The van der Waals surface area contributed by atoms with Gasteiger partial charge in [-0.15, -0.1) is 0 Å². The predicted octanol–water partition coefficient (Wildman–Crippen LogP) is 12.7. The molecule has 0 amide bonds. The molecule has 0 aliphatic carbocycles. The van der Waals surface area contributed by atoms with Gasteiger partial charge < -0.3 is 18.9 Å². The SMILES string of the molecule is CCCCC/C=C\C/C=C\CCCCCCCC(=O)OCC(CCCCCCC(=O)OC(CCCC)CCCC)COC(=O)Oc1ccc([N+](=O)[O-])cc1. The second kappa shape index (κ2) is 33.8. The van der Waals surface area contributed by atoms with Crippen LogP contribution in [0.25, 0.3) is 0 Å². The van der Waals surface area contributed by atoms with Crippen molar-refractivity contribution in [1.82, 2.24) is 0 Å². The van der Waals surface area contributed by atoms with Gasteiger partial charge in [-0.2, -0.15) is 0 Å². The quantitative estimate of drug-likeness (QED) is 0.0128. The van der Waals surface area contributed by atoms with E-state index in [-0.39, 0.29) is 48.6 Å². The molecule has 0 saturated heterocycles. The zero-order valence-corrected chi connectivity index (χ0v) is 33.8. The summed E-state index contributed by atoms with van der Waals surface area (Å²) in [6.45, 7) is 6.65. The van der Waals surface area contributed by atoms with Gasteiger partial charge in [0.1, 0.15) is 18.5 Å². The normalized spacial score (nSPS) is 12.0. The van der Waals surface area contributed by atoms with E-state index in [9.17, 15) is 24.5 Å². The minimum Gasteiger partial charge on any atom is -0.465 e. The van der Waals surface area contributed by atoms with Crippen LogP contribution in [0, 0.1) is 16.0 Å². The Morgan fingerprint density at radius 2 is 1.17 bits per heavy atom. The first-order chi connectivity index (χ1) is 26.3. The van der Waals surface area contributed by atoms with E-state index in [2.05, 4.69) is 45.1 Å². The fraction of sp³-hybridized carbons (Fsp3) is 0.705. The molecule has 10 nitrogen and oxygen atoms in total. The summed E-state index contributed by atoms with van der Waals surface area (Å²) < 4.78 is 21.9. The van der Waals surface area contributed by atoms with Crippen LogP contribution in [-0.2, 0) is 23.8 Å². The topological polar surface area (TPSA) is 131 Å². The number of carbonyl (C=O) groups is 3. The fourth-order valence-electron chi connectivity index (χ4n) is 5.95. The van der Waals surface area contributed by atoms with Crippen LogP contribution >= 0.6 is 0 Å². The third kappa shape index (κ3) is 27.9. The zero-order chi connectivity index (χ0) is 39.5. The second-order valence-electron chi connectivity index (χ2n) is 14.3. The number of esters is 2. The summed E-state index contributed by atoms with van der Waals surface area (Å²) in [6, 6.07) is 5.15. The molecule has 0 radical (unpaired) electrons. The van der Waals surface area contributed by atoms with Crippen molar-refractivity contribution in [2.75, 3.05) is 13.2 Å². The average molecular weight is 758 g/mol. The number of nitro benzene ring substituents is 1. The van der Waals surface area contributed by atoms with Crippen LogP contribution in [-0.4, -0.2) is 42.3 Å². The van der Waals surface area contributed by atoms with E-state index < -0.39 is 11.1 Å². The molecule has 10 heteroatoms. The summed E-state index contributed by atoms with van der Waals surface area (Å²) in [5.74, 6) is -0.466. The lowest BCUT2D eigenvalue weighted by molar-refractivity contribution is -0.384. The van der Waals surface area contributed by atoms with Crippen LogP contribution in [0.4, 0.5) is 10.5 Å². The summed E-state index contributed by atoms with van der Waals surface area (Å²) >= 11 is 0. The Morgan fingerprint density at radius 3 is 1.78 bits per heavy atom. The molecular formula is C44H71NO9. The lowest BCUT2D eigenvalue weighted by Crippen LogP contribution is -2.22. The van der Waals surface area contributed by atoms with Crippen LogP contribution in [0.3, 0.4) is 0 Å². The molecule has 1 aromatic rings. The molecule has 1 aromatic carbocycles. The molecule has 1 unspecified atom stereocenters. The molecule has 0 heterocycles. The van der Waals surface area contributed by atoms with Crippen molar-refractivity contribution in [3.05, 3.63) is 58.7 Å². The number of benzene rings is 1. The van der Waals surface area contributed by atoms with Gasteiger partial charge in [0.2, 0.25) is 0 Å². The van der Waals surface area contributed by atoms with Gasteiger partial charge in [-0.1, -0.05) is 122 Å². The lowest BCUT2D eigenvalue weighted by atomic mass is 10.0. The largest absolute Gasteiger partial charge is 0.513 e. The summed E-state index contributed by atoms with van der Waals surface area (Å²) in [4.78, 5) is 47.7. The van der Waals surface area contributed by atoms with Crippen LogP contribution in [0.2, 0.25) is 0 Å². The second-order valence-corrected chi connectivity index (χ2v) is 14.3. The third-order valence-corrected chi connectivity index (χ3v) is 9.30. The Balaban J connectivity index is 2.42. The maximum atomic E-state index is 12.5. The molecule has 0 bridgehead atoms. The third-order valence-electron chi connectivity index (χ3n) is 9.30. The maximum Gasteiger partial charge on any atom is 0.513 e. The van der Waals surface area contributed by atoms with E-state index in [1.807, 2.05) is 0 Å². The van der Waals surface area contributed by atoms with E-state index >= 15 is 0 Å². The van der Waals surface area contributed by atoms with Gasteiger partial charge in [-0.05, 0) is 76.3 Å². The highest BCUT2D eigenvalue weighted by Crippen LogP contribution is 2.20. The Labute approximate surface area is 326 Å². The number of rotatable bonds is 34. The number of unbranched alkanes of at least 4 members (excludes halogenated alkanes) is 13. The van der Waals surface area contributed by atoms with Gasteiger partial charge in [0, 0.05) is 30.9 Å². The molecule has 54 heavy (non-hydrogen) atoms. The van der Waals surface area contributed by atoms with Crippen molar-refractivity contribution < 1.29 is 38.3 Å². The van der Waals surface area contributed by atoms with Gasteiger partial charge in [0.15, 0.2) is 0 Å². The molecule has 1 rings (SSSR count). The molecule has 0 aliphatic rings. The zero-order valence-electron chi connectivity index (χ0n) is 33.8. The van der Waals surface area contributed by atoms with Crippen molar-refractivity contribution in [2.24, 2.45) is 5.92 Å². The minimum absolute atomic E-state index is 0.00597. The Hall–Kier alpha value is -3.69. The molecule has 0 fully saturated rings. The first-order valence-corrected chi connectivity index (χ1v) is 21.0. The van der Waals surface area contributed by atoms with E-state index in [1.54, 1.807) is 0 Å². The van der Waals surface area contributed by atoms with Crippen molar-refractivity contribution >= 4 is 23.8 Å². The standard InChI is InChI=1S/C44H71NO9/c1-4-7-10-11-12-13-14-15-16-17-18-19-20-21-25-30-42(46)51-36-38(37-52-44(48)54-41-34-32-39(33-35-41)45(49)50)27-24-22-23-26-31-43(47)53-40(28-8-5-2)29-9-6-3/h12-13,15-16,32-35,38,40H,4-11,14,17-31,36-37H2,1-3H3/b13-12-,16-15-. The van der Waals surface area contributed by atoms with Crippen LogP contribution in [0.5, 0.6) is 5.75 Å². The van der Waals surface area contributed by atoms with Crippen LogP contribution in [0.1, 0.15) is 175 Å². The number of carbonyl (C=O) groups excluding carboxylic acids is 3. The van der Waals surface area contributed by atoms with Crippen LogP contribution in [0.15, 0.2) is 48.6 Å². The fourth-order valence-corrected chi connectivity index (χ4v) is 5.95. The molecule has 0 spiro atoms. The number of nitro groups is 1.